The number of benzene rings is 1. The minimum atomic E-state index is 0.270. The molecule has 0 saturated carbocycles. The normalized spacial score (nSPS) is 15.7. The van der Waals surface area contributed by atoms with E-state index in [4.69, 9.17) is 4.99 Å². The van der Waals surface area contributed by atoms with Gasteiger partial charge in [0.25, 0.3) is 0 Å². The summed E-state index contributed by atoms with van der Waals surface area (Å²) in [6.45, 7) is 15.2. The van der Waals surface area contributed by atoms with Gasteiger partial charge in [-0.2, -0.15) is 0 Å². The highest BCUT2D eigenvalue weighted by Crippen LogP contribution is 2.15. The molecule has 6 heteroatoms. The van der Waals surface area contributed by atoms with E-state index < -0.39 is 0 Å². The summed E-state index contributed by atoms with van der Waals surface area (Å²) in [4.78, 5) is 21.1. The first kappa shape index (κ1) is 24.2. The van der Waals surface area contributed by atoms with E-state index in [0.29, 0.717) is 25.6 Å². The van der Waals surface area contributed by atoms with E-state index in [0.717, 1.165) is 51.5 Å². The van der Waals surface area contributed by atoms with Crippen LogP contribution in [0.3, 0.4) is 0 Å². The number of carbonyl (C=O) groups is 1. The molecular weight excluding hydrogens is 374 g/mol. The number of hydrogen-bond acceptors (Lipinski definition) is 3. The van der Waals surface area contributed by atoms with Crippen molar-refractivity contribution in [2.24, 2.45) is 4.99 Å². The minimum Gasteiger partial charge on any atom is -0.357 e. The Morgan fingerprint density at radius 1 is 1.23 bits per heavy atom. The van der Waals surface area contributed by atoms with Crippen molar-refractivity contribution in [1.82, 2.24) is 20.4 Å². The molecule has 0 radical (unpaired) electrons. The first-order valence-electron chi connectivity index (χ1n) is 11.7. The van der Waals surface area contributed by atoms with Crippen LogP contribution in [-0.4, -0.2) is 60.4 Å². The van der Waals surface area contributed by atoms with Crippen molar-refractivity contribution in [3.63, 3.8) is 0 Å². The van der Waals surface area contributed by atoms with E-state index in [1.165, 1.54) is 17.5 Å². The van der Waals surface area contributed by atoms with Crippen molar-refractivity contribution in [2.45, 2.75) is 72.5 Å². The molecule has 1 aromatic rings. The molecule has 0 bridgehead atoms. The SMILES string of the molecule is CCNC(=NCc1cccc(CN2CCCC2=O)c1)NC(C)CCCN(CC)CC. The molecule has 1 atom stereocenters. The maximum Gasteiger partial charge on any atom is 0.222 e. The number of guanidine groups is 1. The van der Waals surface area contributed by atoms with E-state index in [1.807, 2.05) is 4.90 Å². The zero-order chi connectivity index (χ0) is 21.8. The average molecular weight is 416 g/mol. The summed E-state index contributed by atoms with van der Waals surface area (Å²) in [7, 11) is 0. The van der Waals surface area contributed by atoms with E-state index in [1.54, 1.807) is 0 Å². The van der Waals surface area contributed by atoms with Crippen LogP contribution in [0, 0.1) is 0 Å². The summed E-state index contributed by atoms with van der Waals surface area (Å²) in [5.41, 5.74) is 2.35. The van der Waals surface area contributed by atoms with Crippen molar-refractivity contribution in [2.75, 3.05) is 32.7 Å². The Morgan fingerprint density at radius 3 is 2.67 bits per heavy atom. The van der Waals surface area contributed by atoms with Gasteiger partial charge in [-0.15, -0.1) is 0 Å². The van der Waals surface area contributed by atoms with Crippen LogP contribution in [0.2, 0.25) is 0 Å². The summed E-state index contributed by atoms with van der Waals surface area (Å²) in [5, 5.41) is 6.90. The van der Waals surface area contributed by atoms with Gasteiger partial charge in [-0.1, -0.05) is 38.1 Å². The first-order chi connectivity index (χ1) is 14.5. The zero-order valence-corrected chi connectivity index (χ0v) is 19.4. The zero-order valence-electron chi connectivity index (χ0n) is 19.4. The topological polar surface area (TPSA) is 60.0 Å². The molecule has 168 valence electrons. The number of nitrogens with one attached hydrogen (secondary N) is 2. The summed E-state index contributed by atoms with van der Waals surface area (Å²) in [5.74, 6) is 1.14. The lowest BCUT2D eigenvalue weighted by molar-refractivity contribution is -0.128. The lowest BCUT2D eigenvalue weighted by atomic mass is 10.1. The second-order valence-corrected chi connectivity index (χ2v) is 8.15. The Labute approximate surface area is 183 Å². The van der Waals surface area contributed by atoms with E-state index in [2.05, 4.69) is 67.5 Å². The third kappa shape index (κ3) is 8.34. The smallest absolute Gasteiger partial charge is 0.222 e. The lowest BCUT2D eigenvalue weighted by Crippen LogP contribution is -2.42. The molecule has 6 nitrogen and oxygen atoms in total. The highest BCUT2D eigenvalue weighted by atomic mass is 16.2. The van der Waals surface area contributed by atoms with Gasteiger partial charge >= 0.3 is 0 Å². The number of amides is 1. The second-order valence-electron chi connectivity index (χ2n) is 8.15. The molecule has 1 aliphatic rings. The van der Waals surface area contributed by atoms with Crippen LogP contribution in [0.4, 0.5) is 0 Å². The molecule has 0 aliphatic carbocycles. The van der Waals surface area contributed by atoms with Crippen LogP contribution in [-0.2, 0) is 17.9 Å². The highest BCUT2D eigenvalue weighted by Gasteiger charge is 2.19. The minimum absolute atomic E-state index is 0.270. The Kier molecular flexibility index (Phi) is 10.7. The van der Waals surface area contributed by atoms with Gasteiger partial charge in [-0.25, -0.2) is 4.99 Å². The van der Waals surface area contributed by atoms with Gasteiger partial charge in [-0.3, -0.25) is 4.79 Å². The van der Waals surface area contributed by atoms with Crippen molar-refractivity contribution in [3.8, 4) is 0 Å². The van der Waals surface area contributed by atoms with Crippen molar-refractivity contribution < 1.29 is 4.79 Å². The fourth-order valence-electron chi connectivity index (χ4n) is 3.87. The molecule has 1 unspecified atom stereocenters. The fourth-order valence-corrected chi connectivity index (χ4v) is 3.87. The number of hydrogen-bond donors (Lipinski definition) is 2. The Morgan fingerprint density at radius 2 is 2.00 bits per heavy atom. The van der Waals surface area contributed by atoms with Gasteiger partial charge in [0.05, 0.1) is 6.54 Å². The molecule has 1 saturated heterocycles. The second kappa shape index (κ2) is 13.3. The number of nitrogens with zero attached hydrogens (tertiary/aromatic N) is 3. The standard InChI is InChI=1S/C24H41N5O/c1-5-25-24(27-20(4)11-9-15-28(6-2)7-3)26-18-21-12-8-13-22(17-21)19-29-16-10-14-23(29)30/h8,12-13,17,20H,5-7,9-11,14-16,18-19H2,1-4H3,(H2,25,26,27). The number of aliphatic imine (C=N–C) groups is 1. The predicted octanol–water partition coefficient (Wildman–Crippen LogP) is 3.37. The molecule has 0 aromatic heterocycles. The van der Waals surface area contributed by atoms with Crippen molar-refractivity contribution >= 4 is 11.9 Å². The highest BCUT2D eigenvalue weighted by molar-refractivity contribution is 5.80. The van der Waals surface area contributed by atoms with Gasteiger partial charge < -0.3 is 20.4 Å². The van der Waals surface area contributed by atoms with Gasteiger partial charge in [0.2, 0.25) is 5.91 Å². The van der Waals surface area contributed by atoms with Gasteiger partial charge in [0, 0.05) is 32.1 Å². The molecule has 1 aliphatic heterocycles. The third-order valence-electron chi connectivity index (χ3n) is 5.69. The lowest BCUT2D eigenvalue weighted by Gasteiger charge is -2.21. The molecule has 1 amide bonds. The van der Waals surface area contributed by atoms with Gasteiger partial charge in [-0.05, 0) is 63.9 Å². The Bertz CT molecular complexity index is 671. The first-order valence-corrected chi connectivity index (χ1v) is 11.7. The molecule has 2 N–H and O–H groups in total. The van der Waals surface area contributed by atoms with Gasteiger partial charge in [0.15, 0.2) is 5.96 Å². The molecular formula is C24H41N5O. The maximum absolute atomic E-state index is 11.9. The summed E-state index contributed by atoms with van der Waals surface area (Å²) in [6, 6.07) is 8.82. The van der Waals surface area contributed by atoms with Crippen LogP contribution in [0.1, 0.15) is 64.5 Å². The van der Waals surface area contributed by atoms with E-state index >= 15 is 0 Å². The fraction of sp³-hybridized carbons (Fsp3) is 0.667. The number of likely N-dealkylation sites (tertiary alicyclic amines) is 1. The monoisotopic (exact) mass is 415 g/mol. The van der Waals surface area contributed by atoms with E-state index in [9.17, 15) is 4.79 Å². The van der Waals surface area contributed by atoms with Crippen LogP contribution in [0.15, 0.2) is 29.3 Å². The molecule has 2 rings (SSSR count). The van der Waals surface area contributed by atoms with Crippen molar-refractivity contribution in [1.29, 1.82) is 0 Å². The largest absolute Gasteiger partial charge is 0.357 e. The van der Waals surface area contributed by atoms with Gasteiger partial charge in [0.1, 0.15) is 0 Å². The van der Waals surface area contributed by atoms with Crippen LogP contribution >= 0.6 is 0 Å². The number of rotatable bonds is 12. The molecule has 1 heterocycles. The van der Waals surface area contributed by atoms with Crippen LogP contribution < -0.4 is 10.6 Å². The number of carbonyl (C=O) groups excluding carboxylic acids is 1. The molecule has 0 spiro atoms. The summed E-state index contributed by atoms with van der Waals surface area (Å²) in [6.07, 6.45) is 3.98. The maximum atomic E-state index is 11.9. The third-order valence-corrected chi connectivity index (χ3v) is 5.69. The Hall–Kier alpha value is -2.08. The molecule has 30 heavy (non-hydrogen) atoms. The Balaban J connectivity index is 1.87. The van der Waals surface area contributed by atoms with E-state index in [-0.39, 0.29) is 5.91 Å². The summed E-state index contributed by atoms with van der Waals surface area (Å²) < 4.78 is 0. The predicted molar refractivity (Wildman–Crippen MR) is 126 cm³/mol. The molecule has 1 aromatic carbocycles. The van der Waals surface area contributed by atoms with Crippen LogP contribution in [0.25, 0.3) is 0 Å². The van der Waals surface area contributed by atoms with Crippen LogP contribution in [0.5, 0.6) is 0 Å². The van der Waals surface area contributed by atoms with Crippen molar-refractivity contribution in [3.05, 3.63) is 35.4 Å². The summed E-state index contributed by atoms with van der Waals surface area (Å²) >= 11 is 0. The average Bonchev–Trinajstić information content (AvgIpc) is 3.14. The molecule has 1 fully saturated rings. The quantitative estimate of drug-likeness (QED) is 0.406.